The molecular weight excluding hydrogens is 233 g/mol. The highest BCUT2D eigenvalue weighted by Crippen LogP contribution is 2.34. The van der Waals surface area contributed by atoms with Gasteiger partial charge in [0.15, 0.2) is 11.5 Å². The lowest BCUT2D eigenvalue weighted by Gasteiger charge is -2.10. The summed E-state index contributed by atoms with van der Waals surface area (Å²) in [6.07, 6.45) is -2.18. The van der Waals surface area contributed by atoms with Gasteiger partial charge in [-0.25, -0.2) is 9.67 Å². The monoisotopic (exact) mass is 242 g/mol. The average Bonchev–Trinajstić information content (AvgIpc) is 2.59. The Bertz CT molecular complexity index is 545. The Hall–Kier alpha value is -2.05. The number of anilines is 1. The van der Waals surface area contributed by atoms with Crippen molar-refractivity contribution in [1.29, 1.82) is 0 Å². The molecule has 90 valence electrons. The lowest BCUT2D eigenvalue weighted by molar-refractivity contribution is -0.142. The van der Waals surface area contributed by atoms with Crippen molar-refractivity contribution in [2.24, 2.45) is 0 Å². The molecule has 7 heteroatoms. The molecule has 0 amide bonds. The second kappa shape index (κ2) is 3.76. The summed E-state index contributed by atoms with van der Waals surface area (Å²) in [5.41, 5.74) is 4.64. The van der Waals surface area contributed by atoms with Gasteiger partial charge in [0.05, 0.1) is 11.9 Å². The fraction of sp³-hybridized carbons (Fsp3) is 0.200. The number of hydrogen-bond acceptors (Lipinski definition) is 3. The maximum atomic E-state index is 12.8. The van der Waals surface area contributed by atoms with E-state index >= 15 is 0 Å². The zero-order valence-corrected chi connectivity index (χ0v) is 8.86. The Morgan fingerprint density at radius 2 is 2.06 bits per heavy atom. The molecule has 0 aromatic carbocycles. The SMILES string of the molecule is Cc1ccnc(-n2ncc(N)c2C(F)(F)F)c1. The molecule has 0 unspecified atom stereocenters. The van der Waals surface area contributed by atoms with Gasteiger partial charge in [-0.15, -0.1) is 0 Å². The van der Waals surface area contributed by atoms with Crippen LogP contribution in [0.3, 0.4) is 0 Å². The Morgan fingerprint density at radius 1 is 1.35 bits per heavy atom. The molecule has 2 heterocycles. The van der Waals surface area contributed by atoms with Gasteiger partial charge in [0.2, 0.25) is 0 Å². The standard InChI is InChI=1S/C10H9F3N4/c1-6-2-3-15-8(4-6)17-9(10(11,12)13)7(14)5-16-17/h2-5H,14H2,1H3. The first-order valence-corrected chi connectivity index (χ1v) is 4.73. The van der Waals surface area contributed by atoms with Crippen molar-refractivity contribution in [2.75, 3.05) is 5.73 Å². The van der Waals surface area contributed by atoms with Gasteiger partial charge >= 0.3 is 6.18 Å². The molecule has 0 radical (unpaired) electrons. The van der Waals surface area contributed by atoms with Crippen LogP contribution in [0.5, 0.6) is 0 Å². The Kier molecular flexibility index (Phi) is 2.53. The largest absolute Gasteiger partial charge is 0.435 e. The van der Waals surface area contributed by atoms with Crippen molar-refractivity contribution < 1.29 is 13.2 Å². The molecule has 0 aliphatic rings. The van der Waals surface area contributed by atoms with E-state index in [1.165, 1.54) is 12.3 Å². The second-order valence-corrected chi connectivity index (χ2v) is 3.55. The first-order chi connectivity index (χ1) is 7.89. The molecule has 2 rings (SSSR count). The van der Waals surface area contributed by atoms with Crippen molar-refractivity contribution in [3.05, 3.63) is 35.8 Å². The maximum Gasteiger partial charge on any atom is 0.435 e. The highest BCUT2D eigenvalue weighted by molar-refractivity contribution is 5.46. The van der Waals surface area contributed by atoms with E-state index in [1.807, 2.05) is 0 Å². The molecule has 2 aromatic heterocycles. The van der Waals surface area contributed by atoms with E-state index < -0.39 is 17.6 Å². The van der Waals surface area contributed by atoms with Crippen LogP contribution >= 0.6 is 0 Å². The normalized spacial score (nSPS) is 11.8. The summed E-state index contributed by atoms with van der Waals surface area (Å²) in [6, 6.07) is 3.19. The van der Waals surface area contributed by atoms with Crippen LogP contribution in [0.25, 0.3) is 5.82 Å². The number of hydrogen-bond donors (Lipinski definition) is 1. The molecule has 0 fully saturated rings. The van der Waals surface area contributed by atoms with Crippen LogP contribution in [0.1, 0.15) is 11.3 Å². The second-order valence-electron chi connectivity index (χ2n) is 3.55. The minimum Gasteiger partial charge on any atom is -0.396 e. The van der Waals surface area contributed by atoms with Crippen LogP contribution in [0, 0.1) is 6.92 Å². The molecule has 0 spiro atoms. The summed E-state index contributed by atoms with van der Waals surface area (Å²) in [5.74, 6) is 0.0917. The molecule has 17 heavy (non-hydrogen) atoms. The number of aryl methyl sites for hydroxylation is 1. The number of nitrogens with zero attached hydrogens (tertiary/aromatic N) is 3. The number of alkyl halides is 3. The molecular formula is C10H9F3N4. The van der Waals surface area contributed by atoms with E-state index in [-0.39, 0.29) is 5.82 Å². The molecule has 0 bridgehead atoms. The predicted molar refractivity (Wildman–Crippen MR) is 55.5 cm³/mol. The van der Waals surface area contributed by atoms with Gasteiger partial charge in [0.1, 0.15) is 0 Å². The van der Waals surface area contributed by atoms with Gasteiger partial charge in [-0.2, -0.15) is 18.3 Å². The Balaban J connectivity index is 2.61. The Labute approximate surface area is 94.9 Å². The van der Waals surface area contributed by atoms with Crippen LogP contribution in [-0.2, 0) is 6.18 Å². The molecule has 0 saturated heterocycles. The lowest BCUT2D eigenvalue weighted by Crippen LogP contribution is -2.16. The molecule has 0 atom stereocenters. The van der Waals surface area contributed by atoms with Gasteiger partial charge < -0.3 is 5.73 Å². The number of nitrogen functional groups attached to an aromatic ring is 1. The highest BCUT2D eigenvalue weighted by atomic mass is 19.4. The summed E-state index contributed by atoms with van der Waals surface area (Å²) in [5, 5.41) is 3.60. The summed E-state index contributed by atoms with van der Waals surface area (Å²) >= 11 is 0. The van der Waals surface area contributed by atoms with E-state index in [0.29, 0.717) is 4.68 Å². The van der Waals surface area contributed by atoms with Crippen LogP contribution in [-0.4, -0.2) is 14.8 Å². The molecule has 2 N–H and O–H groups in total. The van der Waals surface area contributed by atoms with E-state index in [1.54, 1.807) is 13.0 Å². The fourth-order valence-corrected chi connectivity index (χ4v) is 1.45. The van der Waals surface area contributed by atoms with Crippen molar-refractivity contribution in [2.45, 2.75) is 13.1 Å². The summed E-state index contributed by atoms with van der Waals surface area (Å²) in [4.78, 5) is 3.84. The van der Waals surface area contributed by atoms with Gasteiger partial charge in [-0.3, -0.25) is 0 Å². The summed E-state index contributed by atoms with van der Waals surface area (Å²) < 4.78 is 39.0. The number of halogens is 3. The number of nitrogens with two attached hydrogens (primary N) is 1. The molecule has 0 saturated carbocycles. The molecule has 0 aliphatic carbocycles. The number of pyridine rings is 1. The third-order valence-corrected chi connectivity index (χ3v) is 2.18. The smallest absolute Gasteiger partial charge is 0.396 e. The first kappa shape index (κ1) is 11.4. The van der Waals surface area contributed by atoms with Gasteiger partial charge in [-0.1, -0.05) is 0 Å². The minimum atomic E-state index is -4.56. The summed E-state index contributed by atoms with van der Waals surface area (Å²) in [7, 11) is 0. The van der Waals surface area contributed by atoms with Gasteiger partial charge in [-0.05, 0) is 24.6 Å². The van der Waals surface area contributed by atoms with E-state index in [0.717, 1.165) is 11.8 Å². The number of rotatable bonds is 1. The first-order valence-electron chi connectivity index (χ1n) is 4.73. The lowest BCUT2D eigenvalue weighted by atomic mass is 10.3. The fourth-order valence-electron chi connectivity index (χ4n) is 1.45. The van der Waals surface area contributed by atoms with Crippen LogP contribution < -0.4 is 5.73 Å². The van der Waals surface area contributed by atoms with Crippen LogP contribution in [0.2, 0.25) is 0 Å². The van der Waals surface area contributed by atoms with Gasteiger partial charge in [0.25, 0.3) is 0 Å². The van der Waals surface area contributed by atoms with E-state index in [9.17, 15) is 13.2 Å². The van der Waals surface area contributed by atoms with Crippen molar-refractivity contribution >= 4 is 5.69 Å². The third kappa shape index (κ3) is 2.08. The molecule has 4 nitrogen and oxygen atoms in total. The number of aromatic nitrogens is 3. The van der Waals surface area contributed by atoms with E-state index in [2.05, 4.69) is 10.1 Å². The molecule has 0 aliphatic heterocycles. The Morgan fingerprint density at radius 3 is 2.65 bits per heavy atom. The van der Waals surface area contributed by atoms with Crippen molar-refractivity contribution in [3.63, 3.8) is 0 Å². The third-order valence-electron chi connectivity index (χ3n) is 2.18. The zero-order valence-electron chi connectivity index (χ0n) is 8.86. The summed E-state index contributed by atoms with van der Waals surface area (Å²) in [6.45, 7) is 1.76. The van der Waals surface area contributed by atoms with Crippen LogP contribution in [0.4, 0.5) is 18.9 Å². The minimum absolute atomic E-state index is 0.0917. The maximum absolute atomic E-state index is 12.8. The topological polar surface area (TPSA) is 56.7 Å². The highest BCUT2D eigenvalue weighted by Gasteiger charge is 2.38. The predicted octanol–water partition coefficient (Wildman–Crippen LogP) is 2.18. The zero-order chi connectivity index (χ0) is 12.6. The average molecular weight is 242 g/mol. The van der Waals surface area contributed by atoms with E-state index in [4.69, 9.17) is 5.73 Å². The van der Waals surface area contributed by atoms with Crippen LogP contribution in [0.15, 0.2) is 24.5 Å². The van der Waals surface area contributed by atoms with Gasteiger partial charge in [0, 0.05) is 6.20 Å². The van der Waals surface area contributed by atoms with Crippen molar-refractivity contribution in [3.8, 4) is 5.82 Å². The quantitative estimate of drug-likeness (QED) is 0.833. The molecule has 2 aromatic rings. The van der Waals surface area contributed by atoms with Crippen molar-refractivity contribution in [1.82, 2.24) is 14.8 Å².